The Morgan fingerprint density at radius 1 is 1.20 bits per heavy atom. The Morgan fingerprint density at radius 2 is 1.87 bits per heavy atom. The lowest BCUT2D eigenvalue weighted by Gasteiger charge is -2.49. The molecule has 1 amide bonds. The number of hydrogen-bond donors (Lipinski definition) is 5. The maximum absolute atomic E-state index is 13.5. The number of fused-ring (bicyclic) bond motifs is 3. The van der Waals surface area contributed by atoms with E-state index in [1.165, 1.54) is 6.07 Å². The van der Waals surface area contributed by atoms with Crippen molar-refractivity contribution in [2.45, 2.75) is 38.2 Å². The van der Waals surface area contributed by atoms with Gasteiger partial charge in [0.2, 0.25) is 5.78 Å². The maximum atomic E-state index is 13.5. The molecule has 0 aliphatic heterocycles. The molecule has 2 unspecified atom stereocenters. The van der Waals surface area contributed by atoms with Crippen molar-refractivity contribution in [1.82, 2.24) is 0 Å². The van der Waals surface area contributed by atoms with Crippen molar-refractivity contribution in [3.63, 3.8) is 0 Å². The molecule has 0 aromatic heterocycles. The molecule has 0 radical (unpaired) electrons. The van der Waals surface area contributed by atoms with Crippen molar-refractivity contribution in [1.29, 1.82) is 0 Å². The number of Topliss-reactive ketones (excluding diaryl/α,β-unsaturated/α-hetero) is 2. The highest BCUT2D eigenvalue weighted by Gasteiger charge is 2.61. The Bertz CT molecular complexity index is 1070. The van der Waals surface area contributed by atoms with Crippen LogP contribution >= 0.6 is 0 Å². The minimum Gasteiger partial charge on any atom is -0.508 e. The normalized spacial score (nSPS) is 30.9. The van der Waals surface area contributed by atoms with Crippen LogP contribution in [0.25, 0.3) is 5.76 Å². The molecule has 4 rings (SSSR count). The third-order valence-corrected chi connectivity index (χ3v) is 6.72. The van der Waals surface area contributed by atoms with Crippen molar-refractivity contribution in [2.24, 2.45) is 23.5 Å². The van der Waals surface area contributed by atoms with E-state index in [4.69, 9.17) is 5.73 Å². The smallest absolute Gasteiger partial charge is 0.255 e. The number of phenols is 1. The summed E-state index contributed by atoms with van der Waals surface area (Å²) in [5.41, 5.74) is 2.52. The number of primary amides is 1. The van der Waals surface area contributed by atoms with Gasteiger partial charge in [-0.1, -0.05) is 26.0 Å². The number of phenolic OH excluding ortho intramolecular Hbond substituents is 1. The molecule has 1 saturated carbocycles. The average Bonchev–Trinajstić information content (AvgIpc) is 2.64. The summed E-state index contributed by atoms with van der Waals surface area (Å²) >= 11 is 0. The van der Waals surface area contributed by atoms with E-state index in [9.17, 15) is 34.8 Å². The predicted molar refractivity (Wildman–Crippen MR) is 105 cm³/mol. The number of aromatic hydroxyl groups is 1. The summed E-state index contributed by atoms with van der Waals surface area (Å²) in [6, 6.07) is 4.81. The zero-order valence-corrected chi connectivity index (χ0v) is 16.5. The number of nitrogens with two attached hydrogens (primary N) is 1. The molecule has 1 fully saturated rings. The Balaban J connectivity index is 1.99. The van der Waals surface area contributed by atoms with Crippen molar-refractivity contribution in [3.8, 4) is 5.75 Å². The van der Waals surface area contributed by atoms with Gasteiger partial charge in [0.05, 0.1) is 5.56 Å². The van der Waals surface area contributed by atoms with Gasteiger partial charge in [-0.25, -0.2) is 0 Å². The van der Waals surface area contributed by atoms with E-state index in [1.807, 2.05) is 13.8 Å². The molecule has 3 aliphatic rings. The molecule has 1 aromatic carbocycles. The van der Waals surface area contributed by atoms with E-state index in [0.717, 1.165) is 0 Å². The number of carbonyl (C=O) groups is 3. The van der Waals surface area contributed by atoms with E-state index in [1.54, 1.807) is 12.1 Å². The number of hydrogen-bond acceptors (Lipinski definition) is 7. The highest BCUT2D eigenvalue weighted by atomic mass is 16.3. The number of ketones is 2. The van der Waals surface area contributed by atoms with Gasteiger partial charge in [0.15, 0.2) is 11.4 Å². The minimum absolute atomic E-state index is 0.00209. The first-order valence-electron chi connectivity index (χ1n) is 9.81. The van der Waals surface area contributed by atoms with E-state index in [2.05, 4.69) is 0 Å². The third-order valence-electron chi connectivity index (χ3n) is 6.72. The number of benzene rings is 1. The summed E-state index contributed by atoms with van der Waals surface area (Å²) in [7, 11) is 0. The van der Waals surface area contributed by atoms with Gasteiger partial charge in [0.25, 0.3) is 5.91 Å². The summed E-state index contributed by atoms with van der Waals surface area (Å²) in [5.74, 6) is -6.46. The van der Waals surface area contributed by atoms with Crippen LogP contribution in [0, 0.1) is 17.8 Å². The lowest BCUT2D eigenvalue weighted by atomic mass is 9.55. The molecule has 4 atom stereocenters. The summed E-state index contributed by atoms with van der Waals surface area (Å²) in [6.07, 6.45) is -0.200. The summed E-state index contributed by atoms with van der Waals surface area (Å²) in [5, 5.41) is 43.1. The van der Waals surface area contributed by atoms with Crippen molar-refractivity contribution in [3.05, 3.63) is 46.2 Å². The van der Waals surface area contributed by atoms with Crippen molar-refractivity contribution < 1.29 is 34.8 Å². The van der Waals surface area contributed by atoms with Gasteiger partial charge in [-0.2, -0.15) is 0 Å². The molecule has 0 bridgehead atoms. The van der Waals surface area contributed by atoms with Gasteiger partial charge in [0, 0.05) is 17.9 Å². The number of aliphatic hydroxyl groups excluding tert-OH is 2. The van der Waals surface area contributed by atoms with Gasteiger partial charge >= 0.3 is 0 Å². The van der Waals surface area contributed by atoms with Crippen LogP contribution in [0.4, 0.5) is 0 Å². The van der Waals surface area contributed by atoms with Gasteiger partial charge in [-0.15, -0.1) is 0 Å². The number of amides is 1. The monoisotopic (exact) mass is 413 g/mol. The standard InChI is InChI=1S/C22H23NO7/c1-8(2)14-10-4-3-5-12(24)15(10)18(26)16-11(14)6-9-7-13(25)17(21(23)29)20(28)22(9,30)19(16)27/h3-5,8-9,11,14,24,26,28,30H,6-7H2,1-2H3,(H2,23,29)/t9-,11?,14?,22-/m0/s1. The second-order valence-corrected chi connectivity index (χ2v) is 8.62. The van der Waals surface area contributed by atoms with Crippen LogP contribution in [-0.4, -0.2) is 43.5 Å². The van der Waals surface area contributed by atoms with E-state index in [0.29, 0.717) is 5.56 Å². The topological polar surface area (TPSA) is 158 Å². The highest BCUT2D eigenvalue weighted by Crippen LogP contribution is 2.57. The van der Waals surface area contributed by atoms with E-state index < -0.39 is 52.0 Å². The fourth-order valence-corrected chi connectivity index (χ4v) is 5.47. The molecule has 158 valence electrons. The third kappa shape index (κ3) is 2.40. The number of aliphatic hydroxyl groups is 3. The molecule has 0 saturated heterocycles. The molecule has 8 nitrogen and oxygen atoms in total. The molecule has 3 aliphatic carbocycles. The van der Waals surface area contributed by atoms with Gasteiger partial charge < -0.3 is 26.2 Å². The molecule has 8 heteroatoms. The van der Waals surface area contributed by atoms with Crippen LogP contribution in [0.2, 0.25) is 0 Å². The van der Waals surface area contributed by atoms with Crippen LogP contribution in [0.1, 0.15) is 43.7 Å². The van der Waals surface area contributed by atoms with Crippen molar-refractivity contribution >= 4 is 23.2 Å². The Morgan fingerprint density at radius 3 is 2.47 bits per heavy atom. The number of carbonyl (C=O) groups excluding carboxylic acids is 3. The fraction of sp³-hybridized carbons (Fsp3) is 0.409. The van der Waals surface area contributed by atoms with E-state index in [-0.39, 0.29) is 41.6 Å². The molecule has 30 heavy (non-hydrogen) atoms. The molecule has 6 N–H and O–H groups in total. The van der Waals surface area contributed by atoms with Crippen LogP contribution in [-0.2, 0) is 14.4 Å². The molecular weight excluding hydrogens is 390 g/mol. The first-order valence-corrected chi connectivity index (χ1v) is 9.81. The lowest BCUT2D eigenvalue weighted by molar-refractivity contribution is -0.148. The minimum atomic E-state index is -2.54. The highest BCUT2D eigenvalue weighted by molar-refractivity contribution is 6.22. The van der Waals surface area contributed by atoms with Crippen LogP contribution in [0.15, 0.2) is 35.1 Å². The lowest BCUT2D eigenvalue weighted by Crippen LogP contribution is -2.58. The fourth-order valence-electron chi connectivity index (χ4n) is 5.47. The van der Waals surface area contributed by atoms with Gasteiger partial charge in [0.1, 0.15) is 22.8 Å². The summed E-state index contributed by atoms with van der Waals surface area (Å²) in [6.45, 7) is 3.89. The van der Waals surface area contributed by atoms with Crippen LogP contribution in [0.3, 0.4) is 0 Å². The second kappa shape index (κ2) is 6.43. The first-order chi connectivity index (χ1) is 14.0. The second-order valence-electron chi connectivity index (χ2n) is 8.62. The predicted octanol–water partition coefficient (Wildman–Crippen LogP) is 1.62. The molecular formula is C22H23NO7. The van der Waals surface area contributed by atoms with Gasteiger partial charge in [-0.3, -0.25) is 14.4 Å². The SMILES string of the molecule is CC(C)C1c2cccc(O)c2C(O)=C2C(=O)[C@]3(O)C(O)=C(C(N)=O)C(=O)C[C@@H]3CC21. The van der Waals surface area contributed by atoms with Crippen LogP contribution < -0.4 is 5.73 Å². The number of rotatable bonds is 2. The average molecular weight is 413 g/mol. The molecule has 0 spiro atoms. The van der Waals surface area contributed by atoms with Crippen LogP contribution in [0.5, 0.6) is 5.75 Å². The Hall–Kier alpha value is -3.13. The molecule has 0 heterocycles. The van der Waals surface area contributed by atoms with Crippen molar-refractivity contribution in [2.75, 3.05) is 0 Å². The first kappa shape index (κ1) is 20.2. The molecule has 1 aromatic rings. The summed E-state index contributed by atoms with van der Waals surface area (Å²) < 4.78 is 0. The zero-order chi connectivity index (χ0) is 22.1. The quantitative estimate of drug-likeness (QED) is 0.461. The Labute approximate surface area is 172 Å². The summed E-state index contributed by atoms with van der Waals surface area (Å²) in [4.78, 5) is 37.6. The van der Waals surface area contributed by atoms with E-state index >= 15 is 0 Å². The van der Waals surface area contributed by atoms with Gasteiger partial charge in [-0.05, 0) is 35.8 Å². The Kier molecular flexibility index (Phi) is 4.32. The zero-order valence-electron chi connectivity index (χ0n) is 16.5. The maximum Gasteiger partial charge on any atom is 0.255 e. The largest absolute Gasteiger partial charge is 0.508 e.